The first-order valence-electron chi connectivity index (χ1n) is 10.7. The molecule has 186 valence electrons. The van der Waals surface area contributed by atoms with E-state index in [1.807, 2.05) is 18.7 Å². The summed E-state index contributed by atoms with van der Waals surface area (Å²) in [4.78, 5) is 1.99. The summed E-state index contributed by atoms with van der Waals surface area (Å²) < 4.78 is 82.1. The first-order chi connectivity index (χ1) is 15.8. The van der Waals surface area contributed by atoms with E-state index in [1.54, 1.807) is 0 Å². The SMILES string of the molecule is CCCN(CCC)C[C@@H](O)c1cc2cc(C(F)(F)F)cc(C(F)(F)F)c2c2cc(Cl)c(Cl)cc12. The zero-order chi connectivity index (χ0) is 25.4. The van der Waals surface area contributed by atoms with E-state index in [0.717, 1.165) is 12.8 Å². The minimum absolute atomic E-state index is 0.0282. The molecule has 1 N–H and O–H groups in total. The average molecular weight is 526 g/mol. The van der Waals surface area contributed by atoms with Crippen LogP contribution in [0.2, 0.25) is 10.0 Å². The maximum atomic E-state index is 13.9. The largest absolute Gasteiger partial charge is 0.417 e. The van der Waals surface area contributed by atoms with Gasteiger partial charge in [0.2, 0.25) is 0 Å². The van der Waals surface area contributed by atoms with Crippen molar-refractivity contribution in [2.45, 2.75) is 45.1 Å². The van der Waals surface area contributed by atoms with E-state index in [9.17, 15) is 31.4 Å². The molecule has 0 fully saturated rings. The Bertz CT molecular complexity index is 1190. The van der Waals surface area contributed by atoms with Gasteiger partial charge in [-0.3, -0.25) is 0 Å². The minimum Gasteiger partial charge on any atom is -0.387 e. The molecule has 0 aromatic heterocycles. The number of halogens is 8. The molecule has 0 aliphatic rings. The molecule has 3 rings (SSSR count). The predicted octanol–water partition coefficient (Wildman–Crippen LogP) is 8.49. The van der Waals surface area contributed by atoms with Crippen molar-refractivity contribution in [1.29, 1.82) is 0 Å². The fraction of sp³-hybridized carbons (Fsp3) is 0.417. The molecular weight excluding hydrogens is 503 g/mol. The Morgan fingerprint density at radius 2 is 1.38 bits per heavy atom. The Balaban J connectivity index is 2.38. The zero-order valence-electron chi connectivity index (χ0n) is 18.4. The van der Waals surface area contributed by atoms with Gasteiger partial charge in [0.25, 0.3) is 0 Å². The second-order valence-electron chi connectivity index (χ2n) is 8.21. The number of hydrogen-bond acceptors (Lipinski definition) is 2. The van der Waals surface area contributed by atoms with Crippen molar-refractivity contribution in [1.82, 2.24) is 4.90 Å². The highest BCUT2D eigenvalue weighted by atomic mass is 35.5. The van der Waals surface area contributed by atoms with E-state index < -0.39 is 35.0 Å². The maximum Gasteiger partial charge on any atom is 0.417 e. The van der Waals surface area contributed by atoms with Crippen LogP contribution in [0.5, 0.6) is 0 Å². The smallest absolute Gasteiger partial charge is 0.387 e. The molecule has 0 amide bonds. The summed E-state index contributed by atoms with van der Waals surface area (Å²) in [6, 6.07) is 4.51. The summed E-state index contributed by atoms with van der Waals surface area (Å²) >= 11 is 12.2. The highest BCUT2D eigenvalue weighted by Crippen LogP contribution is 2.45. The fourth-order valence-electron chi connectivity index (χ4n) is 4.25. The molecule has 1 atom stereocenters. The normalized spacial score (nSPS) is 13.9. The van der Waals surface area contributed by atoms with Crippen LogP contribution in [0.1, 0.15) is 49.5 Å². The summed E-state index contributed by atoms with van der Waals surface area (Å²) in [6.07, 6.45) is -9.59. The average Bonchev–Trinajstić information content (AvgIpc) is 2.72. The maximum absolute atomic E-state index is 13.9. The van der Waals surface area contributed by atoms with Gasteiger partial charge in [-0.1, -0.05) is 37.0 Å². The van der Waals surface area contributed by atoms with Crippen molar-refractivity contribution in [2.24, 2.45) is 0 Å². The van der Waals surface area contributed by atoms with E-state index in [4.69, 9.17) is 23.2 Å². The molecule has 3 aromatic rings. The molecule has 10 heteroatoms. The number of hydrogen-bond donors (Lipinski definition) is 1. The van der Waals surface area contributed by atoms with Crippen LogP contribution in [0.25, 0.3) is 21.5 Å². The van der Waals surface area contributed by atoms with Gasteiger partial charge in [-0.25, -0.2) is 0 Å². The summed E-state index contributed by atoms with van der Waals surface area (Å²) in [5.41, 5.74) is -2.67. The number of fused-ring (bicyclic) bond motifs is 3. The molecule has 0 saturated heterocycles. The molecule has 0 bridgehead atoms. The van der Waals surface area contributed by atoms with Gasteiger partial charge in [0.1, 0.15) is 0 Å². The number of aliphatic hydroxyl groups is 1. The van der Waals surface area contributed by atoms with Gasteiger partial charge in [0.05, 0.1) is 27.3 Å². The molecule has 0 radical (unpaired) electrons. The number of alkyl halides is 6. The van der Waals surface area contributed by atoms with E-state index in [0.29, 0.717) is 19.2 Å². The van der Waals surface area contributed by atoms with Gasteiger partial charge in [-0.2, -0.15) is 26.3 Å². The molecular formula is C24H23Cl2F6NO. The molecule has 0 aliphatic carbocycles. The van der Waals surface area contributed by atoms with E-state index in [-0.39, 0.29) is 44.4 Å². The predicted molar refractivity (Wildman–Crippen MR) is 123 cm³/mol. The second kappa shape index (κ2) is 10.1. The number of nitrogens with zero attached hydrogens (tertiary/aromatic N) is 1. The molecule has 34 heavy (non-hydrogen) atoms. The van der Waals surface area contributed by atoms with Crippen LogP contribution in [-0.2, 0) is 12.4 Å². The van der Waals surface area contributed by atoms with Crippen molar-refractivity contribution < 1.29 is 31.4 Å². The standard InChI is InChI=1S/C24H23Cl2F6NO/c1-3-5-33(6-4-2)12-21(34)16-8-13-7-14(23(27,28)29)9-18(24(30,31)32)22(13)17-11-20(26)19(25)10-15(16)17/h7-11,21,34H,3-6,12H2,1-2H3/t21-/m1/s1. The van der Waals surface area contributed by atoms with E-state index in [2.05, 4.69) is 0 Å². The third-order valence-corrected chi connectivity index (χ3v) is 6.35. The Labute approximate surface area is 203 Å². The van der Waals surface area contributed by atoms with E-state index >= 15 is 0 Å². The van der Waals surface area contributed by atoms with Crippen LogP contribution in [0.4, 0.5) is 26.3 Å². The Kier molecular flexibility index (Phi) is 7.97. The molecule has 0 aliphatic heterocycles. The molecule has 0 heterocycles. The fourth-order valence-corrected chi connectivity index (χ4v) is 4.58. The van der Waals surface area contributed by atoms with E-state index in [1.165, 1.54) is 18.2 Å². The number of benzene rings is 3. The highest BCUT2D eigenvalue weighted by Gasteiger charge is 2.39. The minimum atomic E-state index is -5.06. The quantitative estimate of drug-likeness (QED) is 0.247. The first kappa shape index (κ1) is 26.9. The highest BCUT2D eigenvalue weighted by molar-refractivity contribution is 6.43. The van der Waals surface area contributed by atoms with Crippen molar-refractivity contribution in [2.75, 3.05) is 19.6 Å². The lowest BCUT2D eigenvalue weighted by Gasteiger charge is -2.26. The second-order valence-corrected chi connectivity index (χ2v) is 9.03. The van der Waals surface area contributed by atoms with Crippen molar-refractivity contribution in [3.8, 4) is 0 Å². The first-order valence-corrected chi connectivity index (χ1v) is 11.5. The molecule has 0 saturated carbocycles. The lowest BCUT2D eigenvalue weighted by molar-refractivity contribution is -0.142. The monoisotopic (exact) mass is 525 g/mol. The molecule has 3 aromatic carbocycles. The van der Waals surface area contributed by atoms with Gasteiger partial charge in [0.15, 0.2) is 0 Å². The van der Waals surface area contributed by atoms with Crippen LogP contribution in [0, 0.1) is 0 Å². The Morgan fingerprint density at radius 3 is 1.88 bits per heavy atom. The molecule has 0 unspecified atom stereocenters. The van der Waals surface area contributed by atoms with Gasteiger partial charge >= 0.3 is 12.4 Å². The lowest BCUT2D eigenvalue weighted by atomic mass is 9.90. The summed E-state index contributed by atoms with van der Waals surface area (Å²) in [5, 5.41) is 10.5. The van der Waals surface area contributed by atoms with Crippen LogP contribution in [0.15, 0.2) is 30.3 Å². The van der Waals surface area contributed by atoms with Crippen LogP contribution in [0.3, 0.4) is 0 Å². The number of rotatable bonds is 7. The summed E-state index contributed by atoms with van der Waals surface area (Å²) in [5.74, 6) is 0. The lowest BCUT2D eigenvalue weighted by Crippen LogP contribution is -2.30. The summed E-state index contributed by atoms with van der Waals surface area (Å²) in [6.45, 7) is 5.46. The zero-order valence-corrected chi connectivity index (χ0v) is 19.9. The molecule has 0 spiro atoms. The summed E-state index contributed by atoms with van der Waals surface area (Å²) in [7, 11) is 0. The van der Waals surface area contributed by atoms with Gasteiger partial charge in [-0.05, 0) is 78.0 Å². The topological polar surface area (TPSA) is 23.5 Å². The Morgan fingerprint density at radius 1 is 0.824 bits per heavy atom. The van der Waals surface area contributed by atoms with Crippen molar-refractivity contribution in [3.63, 3.8) is 0 Å². The third-order valence-electron chi connectivity index (χ3n) is 5.62. The number of aliphatic hydroxyl groups excluding tert-OH is 1. The third kappa shape index (κ3) is 5.56. The van der Waals surface area contributed by atoms with Crippen LogP contribution in [-0.4, -0.2) is 29.6 Å². The van der Waals surface area contributed by atoms with Gasteiger partial charge in [-0.15, -0.1) is 0 Å². The molecule has 2 nitrogen and oxygen atoms in total. The van der Waals surface area contributed by atoms with Crippen LogP contribution < -0.4 is 0 Å². The van der Waals surface area contributed by atoms with Gasteiger partial charge < -0.3 is 10.0 Å². The van der Waals surface area contributed by atoms with Crippen molar-refractivity contribution >= 4 is 44.7 Å². The van der Waals surface area contributed by atoms with Crippen molar-refractivity contribution in [3.05, 3.63) is 57.1 Å². The van der Waals surface area contributed by atoms with Crippen LogP contribution >= 0.6 is 23.2 Å². The van der Waals surface area contributed by atoms with Gasteiger partial charge in [0, 0.05) is 11.9 Å². The Hall–Kier alpha value is -1.74.